The van der Waals surface area contributed by atoms with Gasteiger partial charge in [0.2, 0.25) is 0 Å². The van der Waals surface area contributed by atoms with Gasteiger partial charge in [-0.25, -0.2) is 9.97 Å². The molecular formula is C13H19N3S. The van der Waals surface area contributed by atoms with E-state index in [4.69, 9.17) is 10.7 Å². The van der Waals surface area contributed by atoms with E-state index in [-0.39, 0.29) is 6.04 Å². The smallest absolute Gasteiger partial charge is 0.146 e. The predicted octanol–water partition coefficient (Wildman–Crippen LogP) is 2.80. The van der Waals surface area contributed by atoms with Gasteiger partial charge in [0.05, 0.1) is 11.7 Å². The van der Waals surface area contributed by atoms with Crippen molar-refractivity contribution in [3.8, 4) is 0 Å². The molecule has 0 amide bonds. The lowest BCUT2D eigenvalue weighted by Crippen LogP contribution is -2.14. The van der Waals surface area contributed by atoms with E-state index in [1.54, 1.807) is 0 Å². The third-order valence-electron chi connectivity index (χ3n) is 3.76. The maximum atomic E-state index is 5.94. The molecule has 1 aliphatic heterocycles. The Morgan fingerprint density at radius 3 is 2.76 bits per heavy atom. The minimum absolute atomic E-state index is 0.0540. The van der Waals surface area contributed by atoms with E-state index < -0.39 is 0 Å². The van der Waals surface area contributed by atoms with Crippen LogP contribution in [-0.4, -0.2) is 15.7 Å². The van der Waals surface area contributed by atoms with Gasteiger partial charge in [0.1, 0.15) is 10.9 Å². The highest BCUT2D eigenvalue weighted by molar-refractivity contribution is 7.99. The lowest BCUT2D eigenvalue weighted by atomic mass is 9.98. The van der Waals surface area contributed by atoms with Gasteiger partial charge in [-0.3, -0.25) is 0 Å². The molecule has 3 nitrogen and oxygen atoms in total. The van der Waals surface area contributed by atoms with Gasteiger partial charge in [-0.15, -0.1) is 11.8 Å². The zero-order valence-corrected chi connectivity index (χ0v) is 11.1. The van der Waals surface area contributed by atoms with Crippen molar-refractivity contribution in [3.05, 3.63) is 17.1 Å². The minimum Gasteiger partial charge on any atom is -0.322 e. The Bertz CT molecular complexity index is 425. The second-order valence-corrected chi connectivity index (χ2v) is 6.20. The van der Waals surface area contributed by atoms with Crippen molar-refractivity contribution >= 4 is 11.8 Å². The number of aromatic nitrogens is 2. The third-order valence-corrected chi connectivity index (χ3v) is 4.78. The molecule has 3 rings (SSSR count). The highest BCUT2D eigenvalue weighted by Crippen LogP contribution is 2.40. The Hall–Kier alpha value is -0.610. The monoisotopic (exact) mass is 249 g/mol. The number of hydrogen-bond donors (Lipinski definition) is 1. The molecule has 17 heavy (non-hydrogen) atoms. The summed E-state index contributed by atoms with van der Waals surface area (Å²) < 4.78 is 0. The van der Waals surface area contributed by atoms with Gasteiger partial charge in [-0.1, -0.05) is 12.8 Å². The first kappa shape index (κ1) is 11.5. The van der Waals surface area contributed by atoms with Crippen LogP contribution in [0.5, 0.6) is 0 Å². The van der Waals surface area contributed by atoms with E-state index >= 15 is 0 Å². The first-order valence-corrected chi connectivity index (χ1v) is 7.53. The molecule has 0 bridgehead atoms. The van der Waals surface area contributed by atoms with Gasteiger partial charge >= 0.3 is 0 Å². The molecule has 1 aromatic rings. The summed E-state index contributed by atoms with van der Waals surface area (Å²) in [7, 11) is 0. The Kier molecular flexibility index (Phi) is 3.09. The molecule has 0 aromatic carbocycles. The molecule has 1 fully saturated rings. The second kappa shape index (κ2) is 4.58. The van der Waals surface area contributed by atoms with Crippen molar-refractivity contribution in [1.29, 1.82) is 0 Å². The van der Waals surface area contributed by atoms with Crippen LogP contribution in [0.15, 0.2) is 5.03 Å². The van der Waals surface area contributed by atoms with E-state index in [1.807, 2.05) is 18.7 Å². The first-order valence-electron chi connectivity index (χ1n) is 6.55. The summed E-state index contributed by atoms with van der Waals surface area (Å²) in [6.07, 6.45) is 6.44. The van der Waals surface area contributed by atoms with Crippen molar-refractivity contribution in [1.82, 2.24) is 9.97 Å². The average molecular weight is 249 g/mol. The molecule has 4 heteroatoms. The van der Waals surface area contributed by atoms with Gasteiger partial charge in [0.25, 0.3) is 0 Å². The standard InChI is InChI=1S/C13H19N3S/c1-8(14)12-15-11(9-4-2-3-5-9)10-6-7-17-13(10)16-12/h8-9H,2-7,14H2,1H3. The van der Waals surface area contributed by atoms with Crippen LogP contribution >= 0.6 is 11.8 Å². The minimum atomic E-state index is -0.0540. The lowest BCUT2D eigenvalue weighted by molar-refractivity contribution is 0.638. The summed E-state index contributed by atoms with van der Waals surface area (Å²) in [5.74, 6) is 2.66. The number of nitrogens with two attached hydrogens (primary N) is 1. The van der Waals surface area contributed by atoms with Crippen LogP contribution < -0.4 is 5.73 Å². The van der Waals surface area contributed by atoms with E-state index in [0.29, 0.717) is 5.92 Å². The molecule has 1 atom stereocenters. The van der Waals surface area contributed by atoms with E-state index in [1.165, 1.54) is 42.0 Å². The van der Waals surface area contributed by atoms with E-state index in [0.717, 1.165) is 18.0 Å². The van der Waals surface area contributed by atoms with E-state index in [9.17, 15) is 0 Å². The number of fused-ring (bicyclic) bond motifs is 1. The van der Waals surface area contributed by atoms with Crippen LogP contribution in [0.1, 0.15) is 61.6 Å². The number of hydrogen-bond acceptors (Lipinski definition) is 4. The van der Waals surface area contributed by atoms with Crippen LogP contribution in [0.2, 0.25) is 0 Å². The zero-order chi connectivity index (χ0) is 11.8. The predicted molar refractivity (Wildman–Crippen MR) is 70.3 cm³/mol. The fourth-order valence-corrected chi connectivity index (χ4v) is 3.88. The molecule has 0 radical (unpaired) electrons. The van der Waals surface area contributed by atoms with Crippen LogP contribution in [0, 0.1) is 0 Å². The second-order valence-electron chi connectivity index (χ2n) is 5.12. The van der Waals surface area contributed by atoms with Gasteiger partial charge in [0.15, 0.2) is 0 Å². The molecule has 0 spiro atoms. The maximum absolute atomic E-state index is 5.94. The molecule has 92 valence electrons. The van der Waals surface area contributed by atoms with Crippen molar-refractivity contribution in [3.63, 3.8) is 0 Å². The van der Waals surface area contributed by atoms with Crippen LogP contribution in [0.3, 0.4) is 0 Å². The first-order chi connectivity index (χ1) is 8.25. The fourth-order valence-electron chi connectivity index (χ4n) is 2.84. The molecule has 2 aliphatic rings. The van der Waals surface area contributed by atoms with Gasteiger partial charge in [0, 0.05) is 17.2 Å². The molecular weight excluding hydrogens is 230 g/mol. The van der Waals surface area contributed by atoms with Crippen molar-refractivity contribution in [2.24, 2.45) is 5.73 Å². The molecule has 2 heterocycles. The molecule has 1 unspecified atom stereocenters. The van der Waals surface area contributed by atoms with Crippen molar-refractivity contribution in [2.75, 3.05) is 5.75 Å². The molecule has 1 aromatic heterocycles. The Balaban J connectivity index is 2.05. The summed E-state index contributed by atoms with van der Waals surface area (Å²) >= 11 is 1.87. The Labute approximate surface area is 107 Å². The fraction of sp³-hybridized carbons (Fsp3) is 0.692. The topological polar surface area (TPSA) is 51.8 Å². The maximum Gasteiger partial charge on any atom is 0.146 e. The highest BCUT2D eigenvalue weighted by atomic mass is 32.2. The Morgan fingerprint density at radius 1 is 1.29 bits per heavy atom. The average Bonchev–Trinajstić information content (AvgIpc) is 2.98. The molecule has 1 aliphatic carbocycles. The summed E-state index contributed by atoms with van der Waals surface area (Å²) in [6.45, 7) is 1.97. The van der Waals surface area contributed by atoms with Crippen LogP contribution in [0.25, 0.3) is 0 Å². The number of rotatable bonds is 2. The molecule has 0 saturated heterocycles. The van der Waals surface area contributed by atoms with Crippen molar-refractivity contribution in [2.45, 2.75) is 56.0 Å². The quantitative estimate of drug-likeness (QED) is 0.819. The zero-order valence-electron chi connectivity index (χ0n) is 10.3. The normalized spacial score (nSPS) is 21.8. The molecule has 2 N–H and O–H groups in total. The van der Waals surface area contributed by atoms with E-state index in [2.05, 4.69) is 4.98 Å². The summed E-state index contributed by atoms with van der Waals surface area (Å²) in [5.41, 5.74) is 8.69. The van der Waals surface area contributed by atoms with Crippen LogP contribution in [-0.2, 0) is 6.42 Å². The number of thioether (sulfide) groups is 1. The van der Waals surface area contributed by atoms with Gasteiger partial charge in [-0.05, 0) is 26.2 Å². The summed E-state index contributed by atoms with van der Waals surface area (Å²) in [5, 5.41) is 1.20. The summed E-state index contributed by atoms with van der Waals surface area (Å²) in [4.78, 5) is 9.39. The van der Waals surface area contributed by atoms with Gasteiger partial charge in [-0.2, -0.15) is 0 Å². The highest BCUT2D eigenvalue weighted by Gasteiger charge is 2.27. The number of nitrogens with zero attached hydrogens (tertiary/aromatic N) is 2. The largest absolute Gasteiger partial charge is 0.322 e. The third kappa shape index (κ3) is 2.08. The molecule has 1 saturated carbocycles. The van der Waals surface area contributed by atoms with Crippen LogP contribution in [0.4, 0.5) is 0 Å². The SMILES string of the molecule is CC(N)c1nc2c(c(C3CCCC3)n1)CCS2. The Morgan fingerprint density at radius 2 is 2.06 bits per heavy atom. The lowest BCUT2D eigenvalue weighted by Gasteiger charge is -2.15. The van der Waals surface area contributed by atoms with Crippen molar-refractivity contribution < 1.29 is 0 Å². The van der Waals surface area contributed by atoms with Gasteiger partial charge < -0.3 is 5.73 Å². The summed E-state index contributed by atoms with van der Waals surface area (Å²) in [6, 6.07) is -0.0540.